The fraction of sp³-hybridized carbons (Fsp3) is 0.571. The van der Waals surface area contributed by atoms with E-state index in [2.05, 4.69) is 13.2 Å². The Balaban J connectivity index is 3.09. The first-order valence-electron chi connectivity index (χ1n) is 6.52. The van der Waals surface area contributed by atoms with Crippen LogP contribution in [0.5, 0.6) is 0 Å². The Hall–Kier alpha value is -0.920. The minimum absolute atomic E-state index is 0.386. The number of carbonyl (C=O) groups is 2. The molecule has 0 rings (SSSR count). The largest absolute Gasteiger partial charge is 0.462 e. The number of hydrogen-bond donors (Lipinski definition) is 0. The van der Waals surface area contributed by atoms with Gasteiger partial charge in [0.25, 0.3) is 0 Å². The smallest absolute Gasteiger partial charge is 0.330 e. The van der Waals surface area contributed by atoms with Crippen molar-refractivity contribution in [2.45, 2.75) is 0 Å². The molecule has 0 aliphatic rings. The molecule has 0 aromatic heterocycles. The van der Waals surface area contributed by atoms with Crippen LogP contribution in [0, 0.1) is 0 Å². The maximum Gasteiger partial charge on any atom is 0.330 e. The van der Waals surface area contributed by atoms with Crippen molar-refractivity contribution < 1.29 is 23.8 Å². The van der Waals surface area contributed by atoms with Gasteiger partial charge in [0.15, 0.2) is 0 Å². The molecule has 0 heterocycles. The zero-order chi connectivity index (χ0) is 15.8. The van der Waals surface area contributed by atoms with Crippen molar-refractivity contribution in [3.8, 4) is 0 Å². The normalized spacial score (nSPS) is 9.90. The van der Waals surface area contributed by atoms with Crippen molar-refractivity contribution in [1.29, 1.82) is 0 Å². The van der Waals surface area contributed by atoms with E-state index in [1.165, 1.54) is 0 Å². The van der Waals surface area contributed by atoms with E-state index in [4.69, 9.17) is 14.2 Å². The monoisotopic (exact) mass is 334 g/mol. The van der Waals surface area contributed by atoms with Gasteiger partial charge >= 0.3 is 11.9 Å². The Labute approximate surface area is 134 Å². The van der Waals surface area contributed by atoms with Gasteiger partial charge in [0, 0.05) is 35.2 Å². The summed E-state index contributed by atoms with van der Waals surface area (Å²) in [6, 6.07) is 0. The van der Waals surface area contributed by atoms with Gasteiger partial charge in [-0.1, -0.05) is 13.2 Å². The number of rotatable bonds is 14. The molecule has 120 valence electrons. The van der Waals surface area contributed by atoms with Crippen LogP contribution in [0.25, 0.3) is 0 Å². The van der Waals surface area contributed by atoms with Crippen LogP contribution in [0.2, 0.25) is 0 Å². The van der Waals surface area contributed by atoms with E-state index >= 15 is 0 Å². The Bertz CT molecular complexity index is 290. The second-order valence-electron chi connectivity index (χ2n) is 3.58. The second kappa shape index (κ2) is 15.5. The SMILES string of the molecule is C=CC(=O)OCCSCCOCCSCCOC(=O)C=C. The fourth-order valence-electron chi connectivity index (χ4n) is 1.06. The van der Waals surface area contributed by atoms with Crippen LogP contribution >= 0.6 is 23.5 Å². The number of esters is 2. The standard InChI is InChI=1S/C14H22O5S2/c1-3-13(15)18-7-11-20-9-5-17-6-10-21-12-8-19-14(16)4-2/h3-4H,1-2,5-12H2. The lowest BCUT2D eigenvalue weighted by Gasteiger charge is -2.05. The molecule has 0 fully saturated rings. The molecule has 0 aromatic carbocycles. The van der Waals surface area contributed by atoms with Gasteiger partial charge in [-0.05, 0) is 0 Å². The first-order chi connectivity index (χ1) is 10.2. The summed E-state index contributed by atoms with van der Waals surface area (Å²) in [6.45, 7) is 8.77. The van der Waals surface area contributed by atoms with Gasteiger partial charge in [0.2, 0.25) is 0 Å². The molecule has 0 spiro atoms. The predicted molar refractivity (Wildman–Crippen MR) is 87.8 cm³/mol. The van der Waals surface area contributed by atoms with E-state index in [0.29, 0.717) is 26.4 Å². The Kier molecular flexibility index (Phi) is 14.8. The van der Waals surface area contributed by atoms with E-state index in [1.807, 2.05) is 0 Å². The zero-order valence-electron chi connectivity index (χ0n) is 12.1. The number of carbonyl (C=O) groups excluding carboxylic acids is 2. The molecule has 0 aliphatic heterocycles. The molecule has 0 N–H and O–H groups in total. The maximum atomic E-state index is 10.7. The Morgan fingerprint density at radius 1 is 0.762 bits per heavy atom. The summed E-state index contributed by atoms with van der Waals surface area (Å²) in [4.78, 5) is 21.5. The van der Waals surface area contributed by atoms with E-state index in [-0.39, 0.29) is 11.9 Å². The summed E-state index contributed by atoms with van der Waals surface area (Å²) in [5.41, 5.74) is 0. The lowest BCUT2D eigenvalue weighted by Crippen LogP contribution is -2.07. The van der Waals surface area contributed by atoms with Gasteiger partial charge < -0.3 is 14.2 Å². The summed E-state index contributed by atoms with van der Waals surface area (Å²) in [6.07, 6.45) is 2.31. The van der Waals surface area contributed by atoms with Crippen molar-refractivity contribution in [1.82, 2.24) is 0 Å². The van der Waals surface area contributed by atoms with Crippen molar-refractivity contribution in [3.05, 3.63) is 25.3 Å². The predicted octanol–water partition coefficient (Wildman–Crippen LogP) is 1.93. The average Bonchev–Trinajstić information content (AvgIpc) is 2.51. The minimum Gasteiger partial charge on any atom is -0.462 e. The van der Waals surface area contributed by atoms with E-state index < -0.39 is 0 Å². The molecule has 0 atom stereocenters. The number of ether oxygens (including phenoxy) is 3. The molecule has 0 radical (unpaired) electrons. The minimum atomic E-state index is -0.386. The first kappa shape index (κ1) is 20.1. The molecule has 5 nitrogen and oxygen atoms in total. The summed E-state index contributed by atoms with van der Waals surface area (Å²) >= 11 is 3.35. The summed E-state index contributed by atoms with van der Waals surface area (Å²) in [5, 5.41) is 0. The van der Waals surface area contributed by atoms with Crippen LogP contribution in [0.3, 0.4) is 0 Å². The van der Waals surface area contributed by atoms with Crippen LogP contribution in [-0.2, 0) is 23.8 Å². The highest BCUT2D eigenvalue weighted by Gasteiger charge is 1.97. The van der Waals surface area contributed by atoms with Crippen LogP contribution in [0.15, 0.2) is 25.3 Å². The first-order valence-corrected chi connectivity index (χ1v) is 8.83. The Morgan fingerprint density at radius 3 is 1.52 bits per heavy atom. The molecule has 0 bridgehead atoms. The van der Waals surface area contributed by atoms with Crippen LogP contribution < -0.4 is 0 Å². The maximum absolute atomic E-state index is 10.7. The molecule has 0 saturated carbocycles. The third-order valence-corrected chi connectivity index (χ3v) is 3.84. The van der Waals surface area contributed by atoms with Gasteiger partial charge in [-0.2, -0.15) is 23.5 Å². The molecule has 0 aliphatic carbocycles. The van der Waals surface area contributed by atoms with E-state index in [0.717, 1.165) is 35.2 Å². The molecule has 0 aromatic rings. The van der Waals surface area contributed by atoms with Crippen molar-refractivity contribution in [2.24, 2.45) is 0 Å². The molecular weight excluding hydrogens is 312 g/mol. The average molecular weight is 334 g/mol. The van der Waals surface area contributed by atoms with Gasteiger partial charge in [-0.25, -0.2) is 9.59 Å². The van der Waals surface area contributed by atoms with Crippen molar-refractivity contribution in [3.63, 3.8) is 0 Å². The van der Waals surface area contributed by atoms with Crippen LogP contribution in [0.4, 0.5) is 0 Å². The van der Waals surface area contributed by atoms with Crippen LogP contribution in [0.1, 0.15) is 0 Å². The van der Waals surface area contributed by atoms with E-state index in [9.17, 15) is 9.59 Å². The number of hydrogen-bond acceptors (Lipinski definition) is 7. The van der Waals surface area contributed by atoms with Gasteiger partial charge in [0.1, 0.15) is 13.2 Å². The lowest BCUT2D eigenvalue weighted by atomic mass is 10.6. The summed E-state index contributed by atoms with van der Waals surface area (Å²) in [5.74, 6) is 2.48. The summed E-state index contributed by atoms with van der Waals surface area (Å²) < 4.78 is 15.1. The molecule has 0 saturated heterocycles. The lowest BCUT2D eigenvalue weighted by molar-refractivity contribution is -0.138. The quantitative estimate of drug-likeness (QED) is 0.273. The topological polar surface area (TPSA) is 61.8 Å². The fourth-order valence-corrected chi connectivity index (χ4v) is 2.34. The second-order valence-corrected chi connectivity index (χ2v) is 6.03. The van der Waals surface area contributed by atoms with Crippen molar-refractivity contribution >= 4 is 35.5 Å². The van der Waals surface area contributed by atoms with Crippen molar-refractivity contribution in [2.75, 3.05) is 49.4 Å². The zero-order valence-corrected chi connectivity index (χ0v) is 13.7. The summed E-state index contributed by atoms with van der Waals surface area (Å²) in [7, 11) is 0. The Morgan fingerprint density at radius 2 is 1.14 bits per heavy atom. The highest BCUT2D eigenvalue weighted by molar-refractivity contribution is 7.99. The van der Waals surface area contributed by atoms with Gasteiger partial charge in [0.05, 0.1) is 13.2 Å². The third kappa shape index (κ3) is 15.3. The van der Waals surface area contributed by atoms with Crippen LogP contribution in [-0.4, -0.2) is 61.4 Å². The molecule has 21 heavy (non-hydrogen) atoms. The molecule has 0 unspecified atom stereocenters. The highest BCUT2D eigenvalue weighted by atomic mass is 32.2. The van der Waals surface area contributed by atoms with E-state index in [1.54, 1.807) is 23.5 Å². The third-order valence-electron chi connectivity index (χ3n) is 2.02. The van der Waals surface area contributed by atoms with Gasteiger partial charge in [-0.3, -0.25) is 0 Å². The van der Waals surface area contributed by atoms with Gasteiger partial charge in [-0.15, -0.1) is 0 Å². The molecular formula is C14H22O5S2. The number of thioether (sulfide) groups is 2. The molecule has 7 heteroatoms. The molecule has 0 amide bonds. The highest BCUT2D eigenvalue weighted by Crippen LogP contribution is 2.02.